The highest BCUT2D eigenvalue weighted by atomic mass is 35.5. The molecule has 0 spiro atoms. The number of aromatic nitrogens is 4. The molecule has 0 radical (unpaired) electrons. The van der Waals surface area contributed by atoms with E-state index in [2.05, 4.69) is 15.5 Å². The van der Waals surface area contributed by atoms with Gasteiger partial charge < -0.3 is 5.32 Å². The quantitative estimate of drug-likeness (QED) is 0.606. The van der Waals surface area contributed by atoms with Crippen molar-refractivity contribution in [2.75, 3.05) is 6.54 Å². The average molecular weight is 406 g/mol. The second kappa shape index (κ2) is 8.59. The molecule has 0 bridgehead atoms. The number of carbonyl (C=O) groups is 1. The van der Waals surface area contributed by atoms with Gasteiger partial charge >= 0.3 is 0 Å². The molecule has 0 saturated heterocycles. The van der Waals surface area contributed by atoms with Crippen LogP contribution in [0.1, 0.15) is 33.7 Å². The van der Waals surface area contributed by atoms with Crippen LogP contribution >= 0.6 is 23.2 Å². The number of benzene rings is 1. The zero-order valence-electron chi connectivity index (χ0n) is 15.2. The Morgan fingerprint density at radius 3 is 2.74 bits per heavy atom. The molecule has 0 aliphatic heterocycles. The predicted molar refractivity (Wildman–Crippen MR) is 106 cm³/mol. The number of hydrogen-bond donors (Lipinski definition) is 1. The summed E-state index contributed by atoms with van der Waals surface area (Å²) in [7, 11) is 0. The first kappa shape index (κ1) is 19.5. The zero-order chi connectivity index (χ0) is 19.4. The predicted octanol–water partition coefficient (Wildman–Crippen LogP) is 3.87. The van der Waals surface area contributed by atoms with E-state index >= 15 is 0 Å². The van der Waals surface area contributed by atoms with Gasteiger partial charge in [0.2, 0.25) is 0 Å². The van der Waals surface area contributed by atoms with Crippen LogP contribution in [-0.4, -0.2) is 32.0 Å². The fraction of sp³-hybridized carbons (Fsp3) is 0.316. The summed E-state index contributed by atoms with van der Waals surface area (Å²) in [5, 5.41) is 12.8. The molecule has 2 aromatic heterocycles. The number of rotatable bonds is 7. The first-order valence-electron chi connectivity index (χ1n) is 8.68. The largest absolute Gasteiger partial charge is 0.352 e. The molecular formula is C19H21Cl2N5O. The summed E-state index contributed by atoms with van der Waals surface area (Å²) >= 11 is 12.0. The standard InChI is InChI=1S/C19H21Cl2N5O/c1-13-18(21)14(2)26(24-13)11-15-5-3-6-16(9-15)19(27)22-7-4-8-25-12-17(20)10-23-25/h3,5-6,9-10,12H,4,7-8,11H2,1-2H3,(H,22,27). The van der Waals surface area contributed by atoms with Crippen LogP contribution < -0.4 is 5.32 Å². The fourth-order valence-corrected chi connectivity index (χ4v) is 3.11. The highest BCUT2D eigenvalue weighted by molar-refractivity contribution is 6.31. The molecule has 0 atom stereocenters. The summed E-state index contributed by atoms with van der Waals surface area (Å²) in [6.07, 6.45) is 4.13. The van der Waals surface area contributed by atoms with Gasteiger partial charge in [0, 0.05) is 24.8 Å². The lowest BCUT2D eigenvalue weighted by molar-refractivity contribution is 0.0952. The molecule has 0 aliphatic carbocycles. The lowest BCUT2D eigenvalue weighted by atomic mass is 10.1. The van der Waals surface area contributed by atoms with Gasteiger partial charge in [-0.05, 0) is 38.0 Å². The first-order valence-corrected chi connectivity index (χ1v) is 9.44. The summed E-state index contributed by atoms with van der Waals surface area (Å²) < 4.78 is 3.61. The number of nitrogens with zero attached hydrogens (tertiary/aromatic N) is 4. The Kier molecular flexibility index (Phi) is 6.19. The van der Waals surface area contributed by atoms with E-state index in [1.54, 1.807) is 23.1 Å². The smallest absolute Gasteiger partial charge is 0.251 e. The maximum atomic E-state index is 12.4. The highest BCUT2D eigenvalue weighted by Crippen LogP contribution is 2.20. The minimum Gasteiger partial charge on any atom is -0.352 e. The van der Waals surface area contributed by atoms with Crippen LogP contribution in [0, 0.1) is 13.8 Å². The highest BCUT2D eigenvalue weighted by Gasteiger charge is 2.11. The fourth-order valence-electron chi connectivity index (χ4n) is 2.82. The van der Waals surface area contributed by atoms with Crippen LogP contribution in [0.15, 0.2) is 36.7 Å². The molecular weight excluding hydrogens is 385 g/mol. The van der Waals surface area contributed by atoms with Crippen molar-refractivity contribution in [1.29, 1.82) is 0 Å². The number of nitrogens with one attached hydrogen (secondary N) is 1. The van der Waals surface area contributed by atoms with Crippen molar-refractivity contribution in [3.05, 3.63) is 69.2 Å². The van der Waals surface area contributed by atoms with E-state index in [0.717, 1.165) is 23.4 Å². The van der Waals surface area contributed by atoms with Crippen LogP contribution in [-0.2, 0) is 13.1 Å². The molecule has 0 fully saturated rings. The molecule has 1 N–H and O–H groups in total. The summed E-state index contributed by atoms with van der Waals surface area (Å²) in [4.78, 5) is 12.4. The number of hydrogen-bond acceptors (Lipinski definition) is 3. The Balaban J connectivity index is 1.55. The van der Waals surface area contributed by atoms with Crippen molar-refractivity contribution in [2.24, 2.45) is 0 Å². The topological polar surface area (TPSA) is 64.7 Å². The maximum Gasteiger partial charge on any atom is 0.251 e. The molecule has 142 valence electrons. The summed E-state index contributed by atoms with van der Waals surface area (Å²) in [5.74, 6) is -0.0956. The number of aryl methyl sites for hydroxylation is 2. The van der Waals surface area contributed by atoms with Gasteiger partial charge in [0.25, 0.3) is 5.91 Å². The Bertz CT molecular complexity index is 947. The summed E-state index contributed by atoms with van der Waals surface area (Å²) in [6, 6.07) is 7.54. The van der Waals surface area contributed by atoms with Crippen molar-refractivity contribution in [3.63, 3.8) is 0 Å². The van der Waals surface area contributed by atoms with E-state index in [1.165, 1.54) is 0 Å². The molecule has 27 heavy (non-hydrogen) atoms. The average Bonchev–Trinajstić information content (AvgIpc) is 3.17. The minimum atomic E-state index is -0.0956. The normalized spacial score (nSPS) is 11.0. The minimum absolute atomic E-state index is 0.0956. The number of carbonyl (C=O) groups excluding carboxylic acids is 1. The molecule has 0 unspecified atom stereocenters. The molecule has 0 saturated carbocycles. The lowest BCUT2D eigenvalue weighted by Crippen LogP contribution is -2.25. The van der Waals surface area contributed by atoms with E-state index in [9.17, 15) is 4.79 Å². The zero-order valence-corrected chi connectivity index (χ0v) is 16.8. The molecule has 6 nitrogen and oxygen atoms in total. The Morgan fingerprint density at radius 1 is 1.26 bits per heavy atom. The maximum absolute atomic E-state index is 12.4. The van der Waals surface area contributed by atoms with Gasteiger partial charge in [-0.1, -0.05) is 35.3 Å². The molecule has 8 heteroatoms. The van der Waals surface area contributed by atoms with Crippen molar-refractivity contribution in [2.45, 2.75) is 33.4 Å². The molecule has 3 aromatic rings. The molecule has 3 rings (SSSR count). The van der Waals surface area contributed by atoms with E-state index in [4.69, 9.17) is 23.2 Å². The Hall–Kier alpha value is -2.31. The molecule has 0 aliphatic rings. The van der Waals surface area contributed by atoms with E-state index < -0.39 is 0 Å². The summed E-state index contributed by atoms with van der Waals surface area (Å²) in [5.41, 5.74) is 3.35. The third-order valence-corrected chi connectivity index (χ3v) is 5.01. The van der Waals surface area contributed by atoms with Gasteiger partial charge in [-0.3, -0.25) is 14.2 Å². The summed E-state index contributed by atoms with van der Waals surface area (Å²) in [6.45, 7) is 5.65. The Morgan fingerprint density at radius 2 is 2.07 bits per heavy atom. The van der Waals surface area contributed by atoms with Crippen molar-refractivity contribution in [1.82, 2.24) is 24.9 Å². The monoisotopic (exact) mass is 405 g/mol. The second-order valence-corrected chi connectivity index (χ2v) is 7.19. The van der Waals surface area contributed by atoms with Gasteiger partial charge in [-0.25, -0.2) is 0 Å². The molecule has 1 aromatic carbocycles. The van der Waals surface area contributed by atoms with Crippen LogP contribution in [0.4, 0.5) is 0 Å². The van der Waals surface area contributed by atoms with Gasteiger partial charge in [0.15, 0.2) is 0 Å². The van der Waals surface area contributed by atoms with Crippen molar-refractivity contribution < 1.29 is 4.79 Å². The third kappa shape index (κ3) is 4.90. The number of halogens is 2. The van der Waals surface area contributed by atoms with Crippen LogP contribution in [0.5, 0.6) is 0 Å². The molecule has 1 amide bonds. The van der Waals surface area contributed by atoms with Crippen LogP contribution in [0.3, 0.4) is 0 Å². The third-order valence-electron chi connectivity index (χ3n) is 4.27. The van der Waals surface area contributed by atoms with E-state index in [1.807, 2.05) is 36.7 Å². The van der Waals surface area contributed by atoms with Gasteiger partial charge in [-0.15, -0.1) is 0 Å². The second-order valence-electron chi connectivity index (χ2n) is 6.37. The molecule has 2 heterocycles. The van der Waals surface area contributed by atoms with E-state index in [0.29, 0.717) is 35.2 Å². The lowest BCUT2D eigenvalue weighted by Gasteiger charge is -2.08. The van der Waals surface area contributed by atoms with E-state index in [-0.39, 0.29) is 5.91 Å². The SMILES string of the molecule is Cc1nn(Cc2cccc(C(=O)NCCCn3cc(Cl)cn3)c2)c(C)c1Cl. The number of amides is 1. The van der Waals surface area contributed by atoms with Gasteiger partial charge in [0.05, 0.1) is 34.2 Å². The van der Waals surface area contributed by atoms with Gasteiger partial charge in [-0.2, -0.15) is 10.2 Å². The van der Waals surface area contributed by atoms with Crippen LogP contribution in [0.25, 0.3) is 0 Å². The Labute approximate surface area is 168 Å². The first-order chi connectivity index (χ1) is 12.9. The van der Waals surface area contributed by atoms with Crippen molar-refractivity contribution in [3.8, 4) is 0 Å². The van der Waals surface area contributed by atoms with Crippen molar-refractivity contribution >= 4 is 29.1 Å². The van der Waals surface area contributed by atoms with Crippen LogP contribution in [0.2, 0.25) is 10.0 Å². The van der Waals surface area contributed by atoms with Gasteiger partial charge in [0.1, 0.15) is 0 Å².